The highest BCUT2D eigenvalue weighted by molar-refractivity contribution is 6.31. The molecule has 5 nitrogen and oxygen atoms in total. The summed E-state index contributed by atoms with van der Waals surface area (Å²) in [6.07, 6.45) is 4.67. The van der Waals surface area contributed by atoms with Crippen LogP contribution >= 0.6 is 11.6 Å². The van der Waals surface area contributed by atoms with Crippen LogP contribution in [0, 0.1) is 6.92 Å². The Balaban J connectivity index is 1.99. The van der Waals surface area contributed by atoms with Crippen molar-refractivity contribution in [2.75, 3.05) is 7.05 Å². The first-order chi connectivity index (χ1) is 9.56. The number of hydrogen-bond acceptors (Lipinski definition) is 3. The molecule has 20 heavy (non-hydrogen) atoms. The van der Waals surface area contributed by atoms with Crippen LogP contribution in [0.1, 0.15) is 17.0 Å². The Morgan fingerprint density at radius 3 is 2.95 bits per heavy atom. The monoisotopic (exact) mass is 290 g/mol. The average molecular weight is 291 g/mol. The van der Waals surface area contributed by atoms with E-state index in [1.165, 1.54) is 12.4 Å². The van der Waals surface area contributed by atoms with Crippen molar-refractivity contribution in [3.8, 4) is 0 Å². The Bertz CT molecular complexity index is 622. The van der Waals surface area contributed by atoms with Gasteiger partial charge in [-0.25, -0.2) is 4.98 Å². The second-order valence-corrected chi connectivity index (χ2v) is 4.88. The molecule has 1 amide bonds. The van der Waals surface area contributed by atoms with E-state index in [-0.39, 0.29) is 5.91 Å². The van der Waals surface area contributed by atoms with Crippen LogP contribution in [0.5, 0.6) is 0 Å². The fraction of sp³-hybridized carbons (Fsp3) is 0.214. The Morgan fingerprint density at radius 1 is 1.50 bits per heavy atom. The number of H-pyrrole nitrogens is 1. The topological polar surface area (TPSA) is 61.9 Å². The third-order valence-electron chi connectivity index (χ3n) is 2.84. The van der Waals surface area contributed by atoms with Gasteiger partial charge in [0.25, 0.3) is 0 Å². The molecule has 0 saturated carbocycles. The Kier molecular flexibility index (Phi) is 4.53. The van der Waals surface area contributed by atoms with Gasteiger partial charge in [-0.3, -0.25) is 9.89 Å². The van der Waals surface area contributed by atoms with Gasteiger partial charge in [-0.1, -0.05) is 23.7 Å². The lowest BCUT2D eigenvalue weighted by atomic mass is 10.1. The molecule has 1 aromatic heterocycles. The highest BCUT2D eigenvalue weighted by Crippen LogP contribution is 2.17. The number of carbonyl (C=O) groups is 1. The first-order valence-corrected chi connectivity index (χ1v) is 6.47. The lowest BCUT2D eigenvalue weighted by Crippen LogP contribution is -2.24. The second-order valence-electron chi connectivity index (χ2n) is 4.47. The first kappa shape index (κ1) is 14.3. The molecule has 1 N–H and O–H groups in total. The fourth-order valence-corrected chi connectivity index (χ4v) is 1.81. The van der Waals surface area contributed by atoms with Crippen LogP contribution in [-0.4, -0.2) is 33.0 Å². The zero-order chi connectivity index (χ0) is 14.5. The third-order valence-corrected chi connectivity index (χ3v) is 3.25. The van der Waals surface area contributed by atoms with Gasteiger partial charge < -0.3 is 4.90 Å². The number of benzene rings is 1. The summed E-state index contributed by atoms with van der Waals surface area (Å²) in [7, 11) is 1.71. The van der Waals surface area contributed by atoms with E-state index >= 15 is 0 Å². The van der Waals surface area contributed by atoms with Crippen LogP contribution in [0.4, 0.5) is 0 Å². The summed E-state index contributed by atoms with van der Waals surface area (Å²) in [4.78, 5) is 17.5. The van der Waals surface area contributed by atoms with E-state index in [2.05, 4.69) is 15.2 Å². The molecule has 0 unspecified atom stereocenters. The number of halogens is 1. The molecule has 0 aliphatic carbocycles. The van der Waals surface area contributed by atoms with Crippen molar-refractivity contribution >= 4 is 23.6 Å². The average Bonchev–Trinajstić information content (AvgIpc) is 2.92. The fourth-order valence-electron chi connectivity index (χ4n) is 1.62. The smallest absolute Gasteiger partial charge is 0.246 e. The van der Waals surface area contributed by atoms with Gasteiger partial charge in [-0.15, -0.1) is 0 Å². The van der Waals surface area contributed by atoms with Gasteiger partial charge in [0.15, 0.2) is 0 Å². The van der Waals surface area contributed by atoms with Crippen LogP contribution in [-0.2, 0) is 11.3 Å². The molecule has 0 fully saturated rings. The summed E-state index contributed by atoms with van der Waals surface area (Å²) in [5.41, 5.74) is 1.90. The maximum absolute atomic E-state index is 11.9. The van der Waals surface area contributed by atoms with Gasteiger partial charge >= 0.3 is 0 Å². The summed E-state index contributed by atoms with van der Waals surface area (Å²) >= 11 is 6.04. The minimum Gasteiger partial charge on any atom is -0.335 e. The maximum atomic E-state index is 11.9. The molecular weight excluding hydrogens is 276 g/mol. The molecule has 1 aromatic carbocycles. The van der Waals surface area contributed by atoms with E-state index in [1.54, 1.807) is 18.0 Å². The summed E-state index contributed by atoms with van der Waals surface area (Å²) in [6.45, 7) is 2.32. The van der Waals surface area contributed by atoms with Crippen LogP contribution < -0.4 is 0 Å². The van der Waals surface area contributed by atoms with Crippen molar-refractivity contribution < 1.29 is 4.79 Å². The lowest BCUT2D eigenvalue weighted by molar-refractivity contribution is -0.125. The Morgan fingerprint density at radius 2 is 2.30 bits per heavy atom. The molecule has 0 spiro atoms. The molecule has 0 aliphatic heterocycles. The number of carbonyl (C=O) groups excluding carboxylic acids is 1. The van der Waals surface area contributed by atoms with Crippen molar-refractivity contribution in [3.63, 3.8) is 0 Å². The Labute approximate surface area is 122 Å². The van der Waals surface area contributed by atoms with Crippen LogP contribution in [0.15, 0.2) is 30.6 Å². The number of aromatic nitrogens is 3. The number of nitrogens with one attached hydrogen (secondary N) is 1. The van der Waals surface area contributed by atoms with E-state index in [9.17, 15) is 4.79 Å². The predicted molar refractivity (Wildman–Crippen MR) is 78.1 cm³/mol. The molecule has 1 heterocycles. The van der Waals surface area contributed by atoms with Crippen LogP contribution in [0.3, 0.4) is 0 Å². The highest BCUT2D eigenvalue weighted by Gasteiger charge is 2.07. The van der Waals surface area contributed by atoms with E-state index in [4.69, 9.17) is 11.6 Å². The maximum Gasteiger partial charge on any atom is 0.246 e. The van der Waals surface area contributed by atoms with E-state index in [0.29, 0.717) is 17.4 Å². The zero-order valence-electron chi connectivity index (χ0n) is 11.3. The normalized spacial score (nSPS) is 10.9. The van der Waals surface area contributed by atoms with Gasteiger partial charge in [0.1, 0.15) is 12.2 Å². The van der Waals surface area contributed by atoms with Gasteiger partial charge in [0.2, 0.25) is 5.91 Å². The van der Waals surface area contributed by atoms with Crippen molar-refractivity contribution in [1.82, 2.24) is 20.1 Å². The molecule has 0 atom stereocenters. The standard InChI is InChI=1S/C14H15ClN4O/c1-10-3-4-11(7-12(10)15)5-6-14(20)19(2)8-13-16-9-17-18-13/h3-7,9H,8H2,1-2H3,(H,16,17,18). The number of aromatic amines is 1. The molecule has 0 radical (unpaired) electrons. The summed E-state index contributed by atoms with van der Waals surface area (Å²) in [5.74, 6) is 0.533. The van der Waals surface area contributed by atoms with Gasteiger partial charge in [-0.05, 0) is 30.2 Å². The summed E-state index contributed by atoms with van der Waals surface area (Å²) in [6, 6.07) is 5.67. The first-order valence-electron chi connectivity index (χ1n) is 6.10. The zero-order valence-corrected chi connectivity index (χ0v) is 12.1. The van der Waals surface area contributed by atoms with Crippen LogP contribution in [0.2, 0.25) is 5.02 Å². The third kappa shape index (κ3) is 3.68. The van der Waals surface area contributed by atoms with Crippen molar-refractivity contribution in [3.05, 3.63) is 52.6 Å². The number of amides is 1. The predicted octanol–water partition coefficient (Wildman–Crippen LogP) is 2.44. The van der Waals surface area contributed by atoms with E-state index < -0.39 is 0 Å². The summed E-state index contributed by atoms with van der Waals surface area (Å²) in [5, 5.41) is 7.14. The number of likely N-dealkylation sites (N-methyl/N-ethyl adjacent to an activating group) is 1. The molecule has 6 heteroatoms. The quantitative estimate of drug-likeness (QED) is 0.880. The number of rotatable bonds is 4. The Hall–Kier alpha value is -2.14. The van der Waals surface area contributed by atoms with E-state index in [1.807, 2.05) is 25.1 Å². The molecule has 0 bridgehead atoms. The number of nitrogens with zero attached hydrogens (tertiary/aromatic N) is 3. The van der Waals surface area contributed by atoms with Gasteiger partial charge in [0, 0.05) is 18.1 Å². The van der Waals surface area contributed by atoms with Crippen molar-refractivity contribution in [2.45, 2.75) is 13.5 Å². The molecule has 104 valence electrons. The molecule has 0 saturated heterocycles. The molecule has 0 aliphatic rings. The van der Waals surface area contributed by atoms with E-state index in [0.717, 1.165) is 11.1 Å². The lowest BCUT2D eigenvalue weighted by Gasteiger charge is -2.12. The molecule has 2 rings (SSSR count). The second kappa shape index (κ2) is 6.34. The van der Waals surface area contributed by atoms with Gasteiger partial charge in [-0.2, -0.15) is 5.10 Å². The number of aryl methyl sites for hydroxylation is 1. The van der Waals surface area contributed by atoms with Crippen molar-refractivity contribution in [1.29, 1.82) is 0 Å². The summed E-state index contributed by atoms with van der Waals surface area (Å²) < 4.78 is 0. The number of hydrogen-bond donors (Lipinski definition) is 1. The molecular formula is C14H15ClN4O. The minimum absolute atomic E-state index is 0.113. The SMILES string of the molecule is Cc1ccc(C=CC(=O)N(C)Cc2ncn[nH]2)cc1Cl. The van der Waals surface area contributed by atoms with Crippen molar-refractivity contribution in [2.24, 2.45) is 0 Å². The largest absolute Gasteiger partial charge is 0.335 e. The molecule has 2 aromatic rings. The highest BCUT2D eigenvalue weighted by atomic mass is 35.5. The van der Waals surface area contributed by atoms with Crippen LogP contribution in [0.25, 0.3) is 6.08 Å². The minimum atomic E-state index is -0.113. The van der Waals surface area contributed by atoms with Gasteiger partial charge in [0.05, 0.1) is 6.54 Å².